The van der Waals surface area contributed by atoms with E-state index in [4.69, 9.17) is 4.74 Å². The molecule has 20 heavy (non-hydrogen) atoms. The maximum atomic E-state index is 13.0. The summed E-state index contributed by atoms with van der Waals surface area (Å²) >= 11 is 0. The molecule has 0 radical (unpaired) electrons. The summed E-state index contributed by atoms with van der Waals surface area (Å²) in [5.74, 6) is 0.885. The van der Waals surface area contributed by atoms with Gasteiger partial charge in [-0.3, -0.25) is 4.79 Å². The van der Waals surface area contributed by atoms with Crippen LogP contribution in [0.15, 0.2) is 0 Å². The van der Waals surface area contributed by atoms with Crippen molar-refractivity contribution in [2.24, 2.45) is 11.3 Å². The molecule has 3 fully saturated rings. The van der Waals surface area contributed by atoms with E-state index in [1.54, 1.807) is 0 Å². The fraction of sp³-hybridized carbons (Fsp3) is 0.938. The van der Waals surface area contributed by atoms with E-state index in [2.05, 4.69) is 24.1 Å². The first-order valence-corrected chi connectivity index (χ1v) is 8.19. The van der Waals surface area contributed by atoms with Crippen LogP contribution < -0.4 is 5.32 Å². The fourth-order valence-electron chi connectivity index (χ4n) is 3.61. The number of nitrogens with one attached hydrogen (secondary N) is 1. The summed E-state index contributed by atoms with van der Waals surface area (Å²) in [4.78, 5) is 15.2. The van der Waals surface area contributed by atoms with E-state index in [-0.39, 0.29) is 11.5 Å². The van der Waals surface area contributed by atoms with Gasteiger partial charge >= 0.3 is 0 Å². The smallest absolute Gasteiger partial charge is 0.240 e. The molecule has 0 spiro atoms. The van der Waals surface area contributed by atoms with Crippen molar-refractivity contribution < 1.29 is 9.53 Å². The Morgan fingerprint density at radius 2 is 2.15 bits per heavy atom. The molecule has 1 saturated carbocycles. The first kappa shape index (κ1) is 14.3. The molecule has 0 aromatic carbocycles. The Bertz CT molecular complexity index is 359. The largest absolute Gasteiger partial charge is 0.381 e. The van der Waals surface area contributed by atoms with E-state index in [1.807, 2.05) is 0 Å². The van der Waals surface area contributed by atoms with Crippen LogP contribution >= 0.6 is 0 Å². The maximum absolute atomic E-state index is 13.0. The Balaban J connectivity index is 1.68. The molecule has 2 unspecified atom stereocenters. The molecule has 2 saturated heterocycles. The Kier molecular flexibility index (Phi) is 4.04. The van der Waals surface area contributed by atoms with Crippen molar-refractivity contribution in [3.05, 3.63) is 0 Å². The van der Waals surface area contributed by atoms with Crippen molar-refractivity contribution in [1.29, 1.82) is 0 Å². The second kappa shape index (κ2) is 5.64. The number of hydrogen-bond acceptors (Lipinski definition) is 3. The van der Waals surface area contributed by atoms with E-state index in [9.17, 15) is 4.79 Å². The molecule has 4 nitrogen and oxygen atoms in total. The highest BCUT2D eigenvalue weighted by Gasteiger charge is 2.43. The highest BCUT2D eigenvalue weighted by Crippen LogP contribution is 2.35. The lowest BCUT2D eigenvalue weighted by Crippen LogP contribution is -2.57. The Labute approximate surface area is 122 Å². The monoisotopic (exact) mass is 280 g/mol. The van der Waals surface area contributed by atoms with Crippen molar-refractivity contribution in [3.8, 4) is 0 Å². The minimum absolute atomic E-state index is 0.000767. The molecule has 0 aromatic heterocycles. The standard InChI is InChI=1S/C16H28N2O2/c1-16(2)7-3-8-17-14(16)15(19)18(13-4-5-13)10-12-6-9-20-11-12/h12-14,17H,3-11H2,1-2H3. The first-order chi connectivity index (χ1) is 9.58. The van der Waals surface area contributed by atoms with Crippen LogP contribution in [0.25, 0.3) is 0 Å². The zero-order valence-corrected chi connectivity index (χ0v) is 12.9. The van der Waals surface area contributed by atoms with Gasteiger partial charge in [0.15, 0.2) is 0 Å². The molecule has 0 aromatic rings. The quantitative estimate of drug-likeness (QED) is 0.853. The third-order valence-corrected chi connectivity index (χ3v) is 5.12. The van der Waals surface area contributed by atoms with Gasteiger partial charge in [0.1, 0.15) is 0 Å². The molecule has 2 atom stereocenters. The highest BCUT2D eigenvalue weighted by atomic mass is 16.5. The number of ether oxygens (including phenoxy) is 1. The van der Waals surface area contributed by atoms with Gasteiger partial charge in [-0.25, -0.2) is 0 Å². The van der Waals surface area contributed by atoms with Crippen LogP contribution in [0.3, 0.4) is 0 Å². The number of carbonyl (C=O) groups excluding carboxylic acids is 1. The van der Waals surface area contributed by atoms with Gasteiger partial charge in [0.2, 0.25) is 5.91 Å². The summed E-state index contributed by atoms with van der Waals surface area (Å²) in [6.07, 6.45) is 5.80. The normalized spacial score (nSPS) is 33.1. The zero-order valence-electron chi connectivity index (χ0n) is 12.9. The van der Waals surface area contributed by atoms with Crippen LogP contribution in [-0.4, -0.2) is 49.2 Å². The van der Waals surface area contributed by atoms with Crippen molar-refractivity contribution >= 4 is 5.91 Å². The molecular formula is C16H28N2O2. The van der Waals surface area contributed by atoms with E-state index < -0.39 is 0 Å². The van der Waals surface area contributed by atoms with E-state index >= 15 is 0 Å². The van der Waals surface area contributed by atoms with Crippen molar-refractivity contribution in [1.82, 2.24) is 10.2 Å². The van der Waals surface area contributed by atoms with E-state index in [0.29, 0.717) is 17.9 Å². The molecule has 3 aliphatic rings. The summed E-state index contributed by atoms with van der Waals surface area (Å²) in [7, 11) is 0. The molecule has 2 aliphatic heterocycles. The molecule has 3 rings (SSSR count). The predicted octanol–water partition coefficient (Wildman–Crippen LogP) is 1.79. The lowest BCUT2D eigenvalue weighted by Gasteiger charge is -2.41. The summed E-state index contributed by atoms with van der Waals surface area (Å²) in [6, 6.07) is 0.502. The highest BCUT2D eigenvalue weighted by molar-refractivity contribution is 5.83. The number of nitrogens with zero attached hydrogens (tertiary/aromatic N) is 1. The molecule has 1 amide bonds. The Morgan fingerprint density at radius 3 is 2.75 bits per heavy atom. The van der Waals surface area contributed by atoms with Crippen LogP contribution in [0.5, 0.6) is 0 Å². The van der Waals surface area contributed by atoms with Crippen LogP contribution in [0, 0.1) is 11.3 Å². The SMILES string of the molecule is CC1(C)CCCNC1C(=O)N(CC1CCOC1)C1CC1. The van der Waals surface area contributed by atoms with Gasteiger partial charge in [0, 0.05) is 25.1 Å². The maximum Gasteiger partial charge on any atom is 0.240 e. The molecule has 114 valence electrons. The second-order valence-electron chi connectivity index (χ2n) is 7.43. The van der Waals surface area contributed by atoms with Gasteiger partial charge in [-0.15, -0.1) is 0 Å². The zero-order chi connectivity index (χ0) is 14.2. The lowest BCUT2D eigenvalue weighted by molar-refractivity contribution is -0.138. The minimum atomic E-state index is -0.000767. The molecule has 1 aliphatic carbocycles. The number of rotatable bonds is 4. The van der Waals surface area contributed by atoms with Gasteiger partial charge in [0.25, 0.3) is 0 Å². The minimum Gasteiger partial charge on any atom is -0.381 e. The topological polar surface area (TPSA) is 41.6 Å². The summed E-state index contributed by atoms with van der Waals surface area (Å²) in [5, 5.41) is 3.47. The summed E-state index contributed by atoms with van der Waals surface area (Å²) < 4.78 is 5.47. The van der Waals surface area contributed by atoms with Gasteiger partial charge in [-0.05, 0) is 44.1 Å². The third kappa shape index (κ3) is 3.01. The third-order valence-electron chi connectivity index (χ3n) is 5.12. The molecule has 1 N–H and O–H groups in total. The van der Waals surface area contributed by atoms with Gasteiger partial charge in [-0.2, -0.15) is 0 Å². The predicted molar refractivity (Wildman–Crippen MR) is 78.5 cm³/mol. The average Bonchev–Trinajstić information content (AvgIpc) is 3.12. The number of piperidine rings is 1. The van der Waals surface area contributed by atoms with Crippen molar-refractivity contribution in [2.75, 3.05) is 26.3 Å². The van der Waals surface area contributed by atoms with Crippen LogP contribution in [0.1, 0.15) is 46.0 Å². The lowest BCUT2D eigenvalue weighted by atomic mass is 9.77. The van der Waals surface area contributed by atoms with Gasteiger partial charge in [-0.1, -0.05) is 13.8 Å². The number of carbonyl (C=O) groups is 1. The fourth-order valence-corrected chi connectivity index (χ4v) is 3.61. The Morgan fingerprint density at radius 1 is 1.35 bits per heavy atom. The van der Waals surface area contributed by atoms with E-state index in [1.165, 1.54) is 19.3 Å². The second-order valence-corrected chi connectivity index (χ2v) is 7.43. The molecule has 4 heteroatoms. The van der Waals surface area contributed by atoms with E-state index in [0.717, 1.165) is 39.1 Å². The van der Waals surface area contributed by atoms with Crippen LogP contribution in [0.2, 0.25) is 0 Å². The van der Waals surface area contributed by atoms with Gasteiger partial charge in [0.05, 0.1) is 12.6 Å². The molecule has 0 bridgehead atoms. The van der Waals surface area contributed by atoms with Gasteiger partial charge < -0.3 is 15.0 Å². The summed E-state index contributed by atoms with van der Waals surface area (Å²) in [5.41, 5.74) is 0.0780. The molecule has 2 heterocycles. The molecular weight excluding hydrogens is 252 g/mol. The average molecular weight is 280 g/mol. The first-order valence-electron chi connectivity index (χ1n) is 8.19. The Hall–Kier alpha value is -0.610. The number of amides is 1. The van der Waals surface area contributed by atoms with Crippen LogP contribution in [0.4, 0.5) is 0 Å². The van der Waals surface area contributed by atoms with Crippen molar-refractivity contribution in [3.63, 3.8) is 0 Å². The van der Waals surface area contributed by atoms with Crippen molar-refractivity contribution in [2.45, 2.75) is 58.0 Å². The number of hydrogen-bond donors (Lipinski definition) is 1. The summed E-state index contributed by atoms with van der Waals surface area (Å²) in [6.45, 7) is 8.03. The van der Waals surface area contributed by atoms with Crippen LogP contribution in [-0.2, 0) is 9.53 Å².